The molecule has 1 aromatic carbocycles. The van der Waals surface area contributed by atoms with Crippen LogP contribution in [0.4, 0.5) is 5.69 Å². The average molecular weight is 306 g/mol. The number of ether oxygens (including phenoxy) is 2. The highest BCUT2D eigenvalue weighted by Crippen LogP contribution is 2.29. The molecule has 0 aliphatic carbocycles. The predicted molar refractivity (Wildman–Crippen MR) is 85.2 cm³/mol. The van der Waals surface area contributed by atoms with E-state index in [0.29, 0.717) is 18.0 Å². The second kappa shape index (κ2) is 8.33. The first-order chi connectivity index (χ1) is 10.1. The number of hydrogen-bond acceptors (Lipinski definition) is 5. The van der Waals surface area contributed by atoms with E-state index in [4.69, 9.17) is 14.7 Å². The standard InChI is InChI=1S/C16H20N2O3.H2O/c1-11(2)21-10-14-7-8-15(20-3)16(17-14)12-5-4-6-13(9-12)18-19;/h4-9,11,18-19H,10H2,1-3H3;1H2. The molecule has 2 rings (SSSR count). The normalized spacial score (nSPS) is 10.2. The zero-order valence-corrected chi connectivity index (χ0v) is 13.0. The van der Waals surface area contributed by atoms with E-state index in [1.54, 1.807) is 19.2 Å². The number of anilines is 1. The summed E-state index contributed by atoms with van der Waals surface area (Å²) in [5.74, 6) is 0.679. The lowest BCUT2D eigenvalue weighted by Gasteiger charge is -2.12. The number of nitrogens with one attached hydrogen (secondary N) is 1. The summed E-state index contributed by atoms with van der Waals surface area (Å²) >= 11 is 0. The minimum absolute atomic E-state index is 0. The summed E-state index contributed by atoms with van der Waals surface area (Å²) in [4.78, 5) is 4.60. The quantitative estimate of drug-likeness (QED) is 0.800. The van der Waals surface area contributed by atoms with Gasteiger partial charge in [0, 0.05) is 5.56 Å². The van der Waals surface area contributed by atoms with Crippen LogP contribution in [0.15, 0.2) is 36.4 Å². The van der Waals surface area contributed by atoms with Crippen molar-refractivity contribution in [3.63, 3.8) is 0 Å². The molecule has 0 saturated heterocycles. The molecule has 0 amide bonds. The smallest absolute Gasteiger partial charge is 0.145 e. The molecule has 0 saturated carbocycles. The van der Waals surface area contributed by atoms with E-state index in [0.717, 1.165) is 17.0 Å². The largest absolute Gasteiger partial charge is 0.494 e. The van der Waals surface area contributed by atoms with Crippen molar-refractivity contribution in [1.82, 2.24) is 4.98 Å². The van der Waals surface area contributed by atoms with Crippen molar-refractivity contribution in [2.24, 2.45) is 0 Å². The van der Waals surface area contributed by atoms with Gasteiger partial charge in [-0.25, -0.2) is 4.98 Å². The maximum absolute atomic E-state index is 9.01. The number of methoxy groups -OCH3 is 1. The van der Waals surface area contributed by atoms with Crippen LogP contribution in [-0.2, 0) is 11.3 Å². The Morgan fingerprint density at radius 3 is 2.64 bits per heavy atom. The van der Waals surface area contributed by atoms with Gasteiger partial charge >= 0.3 is 0 Å². The highest BCUT2D eigenvalue weighted by Gasteiger charge is 2.10. The van der Waals surface area contributed by atoms with E-state index in [-0.39, 0.29) is 11.6 Å². The van der Waals surface area contributed by atoms with E-state index in [1.165, 1.54) is 0 Å². The molecule has 6 heteroatoms. The van der Waals surface area contributed by atoms with Crippen LogP contribution in [-0.4, -0.2) is 28.9 Å². The van der Waals surface area contributed by atoms with Crippen molar-refractivity contribution in [2.75, 3.05) is 12.6 Å². The molecule has 0 spiro atoms. The van der Waals surface area contributed by atoms with Crippen LogP contribution < -0.4 is 10.2 Å². The van der Waals surface area contributed by atoms with Crippen LogP contribution in [0.5, 0.6) is 5.75 Å². The molecule has 22 heavy (non-hydrogen) atoms. The molecule has 0 unspecified atom stereocenters. The van der Waals surface area contributed by atoms with Gasteiger partial charge in [-0.05, 0) is 38.1 Å². The van der Waals surface area contributed by atoms with Crippen LogP contribution in [0.2, 0.25) is 0 Å². The second-order valence-corrected chi connectivity index (χ2v) is 4.91. The summed E-state index contributed by atoms with van der Waals surface area (Å²) in [5, 5.41) is 9.01. The molecule has 4 N–H and O–H groups in total. The Hall–Kier alpha value is -2.15. The maximum Gasteiger partial charge on any atom is 0.145 e. The summed E-state index contributed by atoms with van der Waals surface area (Å²) in [7, 11) is 1.61. The third-order valence-electron chi connectivity index (χ3n) is 2.97. The highest BCUT2D eigenvalue weighted by molar-refractivity contribution is 5.70. The van der Waals surface area contributed by atoms with Gasteiger partial charge in [-0.3, -0.25) is 10.7 Å². The molecular formula is C16H22N2O4. The Morgan fingerprint density at radius 2 is 2.00 bits per heavy atom. The third kappa shape index (κ3) is 4.42. The first-order valence-corrected chi connectivity index (χ1v) is 6.80. The maximum atomic E-state index is 9.01. The molecule has 120 valence electrons. The monoisotopic (exact) mass is 306 g/mol. The molecule has 0 atom stereocenters. The number of benzene rings is 1. The summed E-state index contributed by atoms with van der Waals surface area (Å²) in [6.07, 6.45) is 0.152. The van der Waals surface area contributed by atoms with Crippen molar-refractivity contribution in [3.8, 4) is 17.0 Å². The van der Waals surface area contributed by atoms with Crippen molar-refractivity contribution in [2.45, 2.75) is 26.6 Å². The fourth-order valence-corrected chi connectivity index (χ4v) is 1.93. The Labute approximate surface area is 130 Å². The number of hydrogen-bond donors (Lipinski definition) is 2. The first kappa shape index (κ1) is 17.9. The van der Waals surface area contributed by atoms with Crippen LogP contribution in [0.1, 0.15) is 19.5 Å². The van der Waals surface area contributed by atoms with E-state index < -0.39 is 0 Å². The molecule has 2 aromatic rings. The molecule has 1 aromatic heterocycles. The molecule has 0 aliphatic heterocycles. The molecular weight excluding hydrogens is 284 g/mol. The zero-order chi connectivity index (χ0) is 15.2. The fraction of sp³-hybridized carbons (Fsp3) is 0.312. The SMILES string of the molecule is COc1ccc(COC(C)C)nc1-c1cccc(NO)c1.O. The minimum Gasteiger partial charge on any atom is -0.494 e. The van der Waals surface area contributed by atoms with Gasteiger partial charge in [0.15, 0.2) is 0 Å². The number of pyridine rings is 1. The average Bonchev–Trinajstić information content (AvgIpc) is 2.52. The van der Waals surface area contributed by atoms with Gasteiger partial charge in [0.1, 0.15) is 11.4 Å². The topological polar surface area (TPSA) is 95.1 Å². The van der Waals surface area contributed by atoms with Gasteiger partial charge in [-0.15, -0.1) is 0 Å². The molecule has 0 fully saturated rings. The summed E-state index contributed by atoms with van der Waals surface area (Å²) < 4.78 is 10.9. The second-order valence-electron chi connectivity index (χ2n) is 4.91. The lowest BCUT2D eigenvalue weighted by Crippen LogP contribution is -2.04. The summed E-state index contributed by atoms with van der Waals surface area (Å²) in [6.45, 7) is 4.42. The number of rotatable bonds is 6. The van der Waals surface area contributed by atoms with Crippen LogP contribution >= 0.6 is 0 Å². The van der Waals surface area contributed by atoms with Crippen molar-refractivity contribution in [3.05, 3.63) is 42.1 Å². The lowest BCUT2D eigenvalue weighted by atomic mass is 10.1. The Balaban J connectivity index is 0.00000242. The fourth-order valence-electron chi connectivity index (χ4n) is 1.93. The molecule has 0 radical (unpaired) electrons. The minimum atomic E-state index is 0. The molecule has 1 heterocycles. The van der Waals surface area contributed by atoms with Gasteiger partial charge in [-0.1, -0.05) is 12.1 Å². The van der Waals surface area contributed by atoms with Crippen LogP contribution in [0.3, 0.4) is 0 Å². The van der Waals surface area contributed by atoms with E-state index >= 15 is 0 Å². The Bertz CT molecular complexity index is 602. The van der Waals surface area contributed by atoms with Crippen LogP contribution in [0, 0.1) is 0 Å². The van der Waals surface area contributed by atoms with E-state index in [9.17, 15) is 0 Å². The molecule has 0 aliphatic rings. The third-order valence-corrected chi connectivity index (χ3v) is 2.97. The summed E-state index contributed by atoms with van der Waals surface area (Å²) in [5.41, 5.74) is 5.15. The first-order valence-electron chi connectivity index (χ1n) is 6.80. The van der Waals surface area contributed by atoms with E-state index in [1.807, 2.05) is 38.1 Å². The zero-order valence-electron chi connectivity index (χ0n) is 13.0. The Morgan fingerprint density at radius 1 is 1.23 bits per heavy atom. The number of aromatic nitrogens is 1. The van der Waals surface area contributed by atoms with Gasteiger partial charge in [0.25, 0.3) is 0 Å². The molecule has 0 bridgehead atoms. The highest BCUT2D eigenvalue weighted by atomic mass is 16.5. The van der Waals surface area contributed by atoms with Gasteiger partial charge in [0.2, 0.25) is 0 Å². The van der Waals surface area contributed by atoms with Crippen molar-refractivity contribution in [1.29, 1.82) is 0 Å². The summed E-state index contributed by atoms with van der Waals surface area (Å²) in [6, 6.07) is 11.1. The van der Waals surface area contributed by atoms with Gasteiger partial charge < -0.3 is 14.9 Å². The van der Waals surface area contributed by atoms with Crippen molar-refractivity contribution < 1.29 is 20.2 Å². The van der Waals surface area contributed by atoms with Gasteiger partial charge in [0.05, 0.1) is 31.2 Å². The van der Waals surface area contributed by atoms with Crippen molar-refractivity contribution >= 4 is 5.69 Å². The Kier molecular flexibility index (Phi) is 6.78. The van der Waals surface area contributed by atoms with Gasteiger partial charge in [-0.2, -0.15) is 0 Å². The van der Waals surface area contributed by atoms with E-state index in [2.05, 4.69) is 10.5 Å². The predicted octanol–water partition coefficient (Wildman–Crippen LogP) is 2.66. The van der Waals surface area contributed by atoms with Crippen LogP contribution in [0.25, 0.3) is 11.3 Å². The number of nitrogens with zero attached hydrogens (tertiary/aromatic N) is 1. The lowest BCUT2D eigenvalue weighted by molar-refractivity contribution is 0.0636. The molecule has 6 nitrogen and oxygen atoms in total.